The molecule has 2 aromatic carbocycles. The van der Waals surface area contributed by atoms with Crippen LogP contribution in [0.15, 0.2) is 47.4 Å². The maximum absolute atomic E-state index is 12.9. The van der Waals surface area contributed by atoms with Gasteiger partial charge in [-0.1, -0.05) is 29.8 Å². The van der Waals surface area contributed by atoms with Gasteiger partial charge in [0.25, 0.3) is 10.0 Å². The number of fused-ring (bicyclic) bond motifs is 1. The molecule has 0 unspecified atom stereocenters. The van der Waals surface area contributed by atoms with Crippen molar-refractivity contribution < 1.29 is 27.5 Å². The molecule has 9 nitrogen and oxygen atoms in total. The van der Waals surface area contributed by atoms with Crippen LogP contribution in [0, 0.1) is 0 Å². The zero-order chi connectivity index (χ0) is 21.2. The van der Waals surface area contributed by atoms with Crippen molar-refractivity contribution in [3.63, 3.8) is 0 Å². The number of H-pyrrole nitrogens is 1. The Balaban J connectivity index is 1.95. The number of benzene rings is 2. The SMILES string of the molecule is COC(=O)c1[nH]c2ccccc2c1S(=O)(=O)NC(=O)Nc1cc(Cl)cc(OC)c1. The number of aromatic amines is 1. The van der Waals surface area contributed by atoms with E-state index in [1.165, 1.54) is 31.4 Å². The maximum Gasteiger partial charge on any atom is 0.355 e. The highest BCUT2D eigenvalue weighted by Gasteiger charge is 2.30. The maximum atomic E-state index is 12.9. The molecule has 0 aliphatic rings. The predicted octanol–water partition coefficient (Wildman–Crippen LogP) is 3.13. The van der Waals surface area contributed by atoms with Crippen LogP contribution in [-0.2, 0) is 14.8 Å². The van der Waals surface area contributed by atoms with Gasteiger partial charge in [-0.2, -0.15) is 0 Å². The lowest BCUT2D eigenvalue weighted by atomic mass is 10.2. The molecule has 3 rings (SSSR count). The van der Waals surface area contributed by atoms with E-state index in [4.69, 9.17) is 16.3 Å². The highest BCUT2D eigenvalue weighted by molar-refractivity contribution is 7.90. The number of nitrogens with one attached hydrogen (secondary N) is 3. The summed E-state index contributed by atoms with van der Waals surface area (Å²) < 4.78 is 37.4. The van der Waals surface area contributed by atoms with Crippen LogP contribution in [0.5, 0.6) is 5.75 Å². The number of anilines is 1. The first-order valence-electron chi connectivity index (χ1n) is 8.12. The van der Waals surface area contributed by atoms with Crippen molar-refractivity contribution in [1.29, 1.82) is 0 Å². The molecule has 0 aliphatic carbocycles. The van der Waals surface area contributed by atoms with Crippen molar-refractivity contribution in [3.05, 3.63) is 53.2 Å². The van der Waals surface area contributed by atoms with Gasteiger partial charge in [0.1, 0.15) is 16.3 Å². The summed E-state index contributed by atoms with van der Waals surface area (Å²) in [6.45, 7) is 0. The number of carbonyl (C=O) groups is 2. The molecule has 3 N–H and O–H groups in total. The Morgan fingerprint density at radius 1 is 1.10 bits per heavy atom. The molecule has 0 aliphatic heterocycles. The Bertz CT molecular complexity index is 1210. The molecule has 0 bridgehead atoms. The van der Waals surface area contributed by atoms with Crippen LogP contribution in [-0.4, -0.2) is 39.6 Å². The van der Waals surface area contributed by atoms with E-state index in [0.29, 0.717) is 11.3 Å². The van der Waals surface area contributed by atoms with E-state index in [9.17, 15) is 18.0 Å². The van der Waals surface area contributed by atoms with Crippen LogP contribution in [0.3, 0.4) is 0 Å². The van der Waals surface area contributed by atoms with E-state index in [1.807, 2.05) is 4.72 Å². The lowest BCUT2D eigenvalue weighted by molar-refractivity contribution is 0.0590. The van der Waals surface area contributed by atoms with Crippen molar-refractivity contribution in [2.45, 2.75) is 4.90 Å². The van der Waals surface area contributed by atoms with Crippen molar-refractivity contribution in [3.8, 4) is 5.75 Å². The summed E-state index contributed by atoms with van der Waals surface area (Å²) >= 11 is 5.94. The van der Waals surface area contributed by atoms with E-state index in [-0.39, 0.29) is 21.8 Å². The normalized spacial score (nSPS) is 11.1. The van der Waals surface area contributed by atoms with Gasteiger partial charge in [-0.3, -0.25) is 0 Å². The quantitative estimate of drug-likeness (QED) is 0.526. The number of amides is 2. The topological polar surface area (TPSA) is 127 Å². The minimum atomic E-state index is -4.43. The second-order valence-electron chi connectivity index (χ2n) is 5.81. The first-order valence-corrected chi connectivity index (χ1v) is 9.98. The van der Waals surface area contributed by atoms with Gasteiger partial charge in [0.15, 0.2) is 0 Å². The van der Waals surface area contributed by atoms with E-state index in [1.54, 1.807) is 18.2 Å². The van der Waals surface area contributed by atoms with Gasteiger partial charge in [-0.25, -0.2) is 22.7 Å². The van der Waals surface area contributed by atoms with Crippen LogP contribution in [0.4, 0.5) is 10.5 Å². The summed E-state index contributed by atoms with van der Waals surface area (Å²) in [5.74, 6) is -0.512. The largest absolute Gasteiger partial charge is 0.497 e. The monoisotopic (exact) mass is 437 g/mol. The number of methoxy groups -OCH3 is 2. The van der Waals surface area contributed by atoms with E-state index < -0.39 is 26.9 Å². The molecule has 1 heterocycles. The molecule has 0 radical (unpaired) electrons. The standard InChI is InChI=1S/C18H16ClN3O6S/c1-27-12-8-10(19)7-11(9-12)20-18(24)22-29(25,26)16-13-5-3-4-6-14(13)21-15(16)17(23)28-2/h3-9,21H,1-2H3,(H2,20,22,24). The van der Waals surface area contributed by atoms with Gasteiger partial charge in [-0.15, -0.1) is 0 Å². The molecule has 152 valence electrons. The summed E-state index contributed by atoms with van der Waals surface area (Å²) in [5, 5.41) is 2.88. The predicted molar refractivity (Wildman–Crippen MR) is 107 cm³/mol. The molecule has 2 amide bonds. The first-order chi connectivity index (χ1) is 13.7. The zero-order valence-electron chi connectivity index (χ0n) is 15.3. The van der Waals surface area contributed by atoms with Crippen LogP contribution in [0.1, 0.15) is 10.5 Å². The minimum absolute atomic E-state index is 0.217. The minimum Gasteiger partial charge on any atom is -0.497 e. The van der Waals surface area contributed by atoms with Gasteiger partial charge < -0.3 is 19.8 Å². The number of ether oxygens (including phenoxy) is 2. The van der Waals surface area contributed by atoms with E-state index >= 15 is 0 Å². The number of hydrogen-bond acceptors (Lipinski definition) is 6. The van der Waals surface area contributed by atoms with Gasteiger partial charge in [0.2, 0.25) is 0 Å². The Kier molecular flexibility index (Phi) is 5.66. The molecule has 0 spiro atoms. The number of esters is 1. The first kappa shape index (κ1) is 20.5. The van der Waals surface area contributed by atoms with Crippen molar-refractivity contribution in [2.24, 2.45) is 0 Å². The Morgan fingerprint density at radius 3 is 2.52 bits per heavy atom. The molecule has 1 aromatic heterocycles. The number of carbonyl (C=O) groups excluding carboxylic acids is 2. The lowest BCUT2D eigenvalue weighted by Gasteiger charge is -2.10. The fourth-order valence-corrected chi connectivity index (χ4v) is 4.22. The zero-order valence-corrected chi connectivity index (χ0v) is 16.8. The number of urea groups is 1. The Morgan fingerprint density at radius 2 is 1.83 bits per heavy atom. The second-order valence-corrected chi connectivity index (χ2v) is 7.86. The average Bonchev–Trinajstić information content (AvgIpc) is 3.06. The lowest BCUT2D eigenvalue weighted by Crippen LogP contribution is -2.35. The molecular weight excluding hydrogens is 422 g/mol. The molecule has 29 heavy (non-hydrogen) atoms. The third-order valence-corrected chi connectivity index (χ3v) is 5.54. The molecule has 11 heteroatoms. The molecule has 0 atom stereocenters. The molecule has 0 fully saturated rings. The fraction of sp³-hybridized carbons (Fsp3) is 0.111. The molecule has 3 aromatic rings. The van der Waals surface area contributed by atoms with Gasteiger partial charge >= 0.3 is 12.0 Å². The van der Waals surface area contributed by atoms with E-state index in [0.717, 1.165) is 7.11 Å². The van der Waals surface area contributed by atoms with Crippen molar-refractivity contribution in [2.75, 3.05) is 19.5 Å². The van der Waals surface area contributed by atoms with Crippen LogP contribution in [0.25, 0.3) is 10.9 Å². The number of aromatic nitrogens is 1. The summed E-state index contributed by atoms with van der Waals surface area (Å²) in [6.07, 6.45) is 0. The third kappa shape index (κ3) is 4.28. The van der Waals surface area contributed by atoms with Crippen molar-refractivity contribution in [1.82, 2.24) is 9.71 Å². The summed E-state index contributed by atoms with van der Waals surface area (Å²) in [5.41, 5.74) is 0.320. The molecule has 0 saturated carbocycles. The number of rotatable bonds is 5. The number of halogens is 1. The summed E-state index contributed by atoms with van der Waals surface area (Å²) in [7, 11) is -1.89. The van der Waals surface area contributed by atoms with Crippen LogP contribution < -0.4 is 14.8 Å². The fourth-order valence-electron chi connectivity index (χ4n) is 2.72. The Hall–Kier alpha value is -3.24. The smallest absolute Gasteiger partial charge is 0.355 e. The van der Waals surface area contributed by atoms with Crippen LogP contribution in [0.2, 0.25) is 5.02 Å². The second kappa shape index (κ2) is 8.02. The highest BCUT2D eigenvalue weighted by Crippen LogP contribution is 2.28. The third-order valence-electron chi connectivity index (χ3n) is 3.91. The molecular formula is C18H16ClN3O6S. The number of sulfonamides is 1. The van der Waals surface area contributed by atoms with Crippen LogP contribution >= 0.6 is 11.6 Å². The van der Waals surface area contributed by atoms with Gasteiger partial charge in [0.05, 0.1) is 14.2 Å². The average molecular weight is 438 g/mol. The van der Waals surface area contributed by atoms with Crippen molar-refractivity contribution >= 4 is 50.2 Å². The Labute approximate surface area is 171 Å². The summed E-state index contributed by atoms with van der Waals surface area (Å²) in [4.78, 5) is 26.7. The molecule has 0 saturated heterocycles. The van der Waals surface area contributed by atoms with Gasteiger partial charge in [0, 0.05) is 27.7 Å². The number of hydrogen-bond donors (Lipinski definition) is 3. The summed E-state index contributed by atoms with van der Waals surface area (Å²) in [6, 6.07) is 9.74. The van der Waals surface area contributed by atoms with E-state index in [2.05, 4.69) is 15.0 Å². The van der Waals surface area contributed by atoms with Gasteiger partial charge in [-0.05, 0) is 18.2 Å². The number of para-hydroxylation sites is 1. The highest BCUT2D eigenvalue weighted by atomic mass is 35.5.